The zero-order valence-electron chi connectivity index (χ0n) is 12.2. The van der Waals surface area contributed by atoms with Crippen LogP contribution in [0.15, 0.2) is 53.0 Å². The van der Waals surface area contributed by atoms with E-state index in [4.69, 9.17) is 4.74 Å². The van der Waals surface area contributed by atoms with Crippen LogP contribution in [0.1, 0.15) is 5.82 Å². The molecule has 0 unspecified atom stereocenters. The van der Waals surface area contributed by atoms with Crippen LogP contribution in [0.4, 0.5) is 0 Å². The Morgan fingerprint density at radius 3 is 2.86 bits per heavy atom. The van der Waals surface area contributed by atoms with Gasteiger partial charge in [0.25, 0.3) is 0 Å². The average molecular weight is 361 g/mol. The van der Waals surface area contributed by atoms with Crippen molar-refractivity contribution in [1.82, 2.24) is 9.55 Å². The fraction of sp³-hybridized carbons (Fsp3) is 0.235. The molecular formula is C17H17BrN2O2. The van der Waals surface area contributed by atoms with Crippen molar-refractivity contribution in [1.29, 1.82) is 0 Å². The van der Waals surface area contributed by atoms with Crippen LogP contribution < -0.4 is 4.74 Å². The number of imidazole rings is 1. The molecule has 0 aliphatic rings. The average Bonchev–Trinajstić information content (AvgIpc) is 2.81. The molecule has 1 N–H and O–H groups in total. The number of aliphatic hydroxyl groups is 1. The van der Waals surface area contributed by atoms with Gasteiger partial charge in [-0.05, 0) is 37.3 Å². The number of para-hydroxylation sites is 2. The second-order valence-corrected chi connectivity index (χ2v) is 6.10. The van der Waals surface area contributed by atoms with Gasteiger partial charge in [-0.15, -0.1) is 0 Å². The molecule has 0 radical (unpaired) electrons. The van der Waals surface area contributed by atoms with Crippen molar-refractivity contribution < 1.29 is 9.84 Å². The van der Waals surface area contributed by atoms with E-state index in [1.807, 2.05) is 60.0 Å². The molecule has 22 heavy (non-hydrogen) atoms. The van der Waals surface area contributed by atoms with E-state index in [1.165, 1.54) is 0 Å². The number of aliphatic hydroxyl groups excluding tert-OH is 1. The monoisotopic (exact) mass is 360 g/mol. The summed E-state index contributed by atoms with van der Waals surface area (Å²) >= 11 is 3.40. The number of aryl methyl sites for hydroxylation is 1. The molecule has 1 aromatic heterocycles. The molecule has 3 rings (SSSR count). The second kappa shape index (κ2) is 6.50. The summed E-state index contributed by atoms with van der Waals surface area (Å²) in [4.78, 5) is 4.50. The number of benzene rings is 2. The number of hydrogen-bond donors (Lipinski definition) is 1. The molecular weight excluding hydrogens is 344 g/mol. The molecule has 3 aromatic rings. The van der Waals surface area contributed by atoms with E-state index in [2.05, 4.69) is 20.9 Å². The molecule has 0 spiro atoms. The molecule has 114 valence electrons. The van der Waals surface area contributed by atoms with Gasteiger partial charge in [0.1, 0.15) is 24.3 Å². The van der Waals surface area contributed by atoms with Crippen molar-refractivity contribution in [3.05, 3.63) is 58.8 Å². The third-order valence-electron chi connectivity index (χ3n) is 3.48. The number of fused-ring (bicyclic) bond motifs is 1. The maximum absolute atomic E-state index is 10.3. The normalized spacial score (nSPS) is 12.5. The van der Waals surface area contributed by atoms with Crippen LogP contribution in [0.25, 0.3) is 11.0 Å². The Morgan fingerprint density at radius 1 is 1.23 bits per heavy atom. The Labute approximate surface area is 137 Å². The number of rotatable bonds is 5. The van der Waals surface area contributed by atoms with E-state index in [-0.39, 0.29) is 6.61 Å². The summed E-state index contributed by atoms with van der Waals surface area (Å²) < 4.78 is 8.61. The maximum Gasteiger partial charge on any atom is 0.120 e. The zero-order valence-corrected chi connectivity index (χ0v) is 13.8. The van der Waals surface area contributed by atoms with Gasteiger partial charge in [-0.3, -0.25) is 0 Å². The first-order valence-corrected chi connectivity index (χ1v) is 7.91. The highest BCUT2D eigenvalue weighted by atomic mass is 79.9. The summed E-state index contributed by atoms with van der Waals surface area (Å²) in [5.41, 5.74) is 1.97. The Bertz CT molecular complexity index is 785. The highest BCUT2D eigenvalue weighted by molar-refractivity contribution is 9.10. The van der Waals surface area contributed by atoms with Crippen LogP contribution >= 0.6 is 15.9 Å². The predicted molar refractivity (Wildman–Crippen MR) is 90.1 cm³/mol. The molecule has 4 nitrogen and oxygen atoms in total. The van der Waals surface area contributed by atoms with E-state index in [0.29, 0.717) is 6.54 Å². The Morgan fingerprint density at radius 2 is 2.05 bits per heavy atom. The third-order valence-corrected chi connectivity index (χ3v) is 3.97. The fourth-order valence-corrected chi connectivity index (χ4v) is 2.82. The standard InChI is InChI=1S/C17H17BrN2O2/c1-12-19-16-7-2-3-8-17(16)20(12)10-14(21)11-22-15-6-4-5-13(18)9-15/h2-9,14,21H,10-11H2,1H3/t14-/m1/s1. The van der Waals surface area contributed by atoms with Crippen molar-refractivity contribution in [2.45, 2.75) is 19.6 Å². The van der Waals surface area contributed by atoms with Gasteiger partial charge >= 0.3 is 0 Å². The first-order valence-electron chi connectivity index (χ1n) is 7.12. The molecule has 2 aromatic carbocycles. The van der Waals surface area contributed by atoms with Crippen LogP contribution in [-0.4, -0.2) is 27.4 Å². The fourth-order valence-electron chi connectivity index (χ4n) is 2.44. The minimum Gasteiger partial charge on any atom is -0.491 e. The summed E-state index contributed by atoms with van der Waals surface area (Å²) in [6, 6.07) is 15.5. The topological polar surface area (TPSA) is 47.3 Å². The van der Waals surface area contributed by atoms with Crippen molar-refractivity contribution >= 4 is 27.0 Å². The largest absolute Gasteiger partial charge is 0.491 e. The quantitative estimate of drug-likeness (QED) is 0.756. The van der Waals surface area contributed by atoms with Gasteiger partial charge in [-0.1, -0.05) is 34.1 Å². The smallest absolute Gasteiger partial charge is 0.120 e. The molecule has 0 amide bonds. The zero-order chi connectivity index (χ0) is 15.5. The van der Waals surface area contributed by atoms with Crippen molar-refractivity contribution in [3.8, 4) is 5.75 Å². The highest BCUT2D eigenvalue weighted by Crippen LogP contribution is 2.19. The molecule has 0 saturated heterocycles. The lowest BCUT2D eigenvalue weighted by Gasteiger charge is -2.15. The number of aromatic nitrogens is 2. The van der Waals surface area contributed by atoms with Gasteiger partial charge < -0.3 is 14.4 Å². The van der Waals surface area contributed by atoms with Crippen LogP contribution in [-0.2, 0) is 6.54 Å². The van der Waals surface area contributed by atoms with Crippen molar-refractivity contribution in [2.75, 3.05) is 6.61 Å². The van der Waals surface area contributed by atoms with Gasteiger partial charge in [0.15, 0.2) is 0 Å². The van der Waals surface area contributed by atoms with Gasteiger partial charge in [-0.25, -0.2) is 4.98 Å². The molecule has 0 aliphatic heterocycles. The lowest BCUT2D eigenvalue weighted by atomic mass is 10.3. The Balaban J connectivity index is 1.68. The maximum atomic E-state index is 10.3. The van der Waals surface area contributed by atoms with Crippen LogP contribution in [0.2, 0.25) is 0 Å². The van der Waals surface area contributed by atoms with E-state index >= 15 is 0 Å². The van der Waals surface area contributed by atoms with E-state index in [1.54, 1.807) is 0 Å². The molecule has 0 saturated carbocycles. The van der Waals surface area contributed by atoms with Crippen molar-refractivity contribution in [3.63, 3.8) is 0 Å². The second-order valence-electron chi connectivity index (χ2n) is 5.18. The minimum atomic E-state index is -0.602. The Hall–Kier alpha value is -1.85. The summed E-state index contributed by atoms with van der Waals surface area (Å²) in [5, 5.41) is 10.3. The van der Waals surface area contributed by atoms with Crippen LogP contribution in [0.5, 0.6) is 5.75 Å². The molecule has 1 atom stereocenters. The molecule has 0 fully saturated rings. The number of nitrogens with zero attached hydrogens (tertiary/aromatic N) is 2. The first-order chi connectivity index (χ1) is 10.6. The Kier molecular flexibility index (Phi) is 4.45. The van der Waals surface area contributed by atoms with Gasteiger partial charge in [-0.2, -0.15) is 0 Å². The van der Waals surface area contributed by atoms with Gasteiger partial charge in [0.05, 0.1) is 17.6 Å². The van der Waals surface area contributed by atoms with Gasteiger partial charge in [0.2, 0.25) is 0 Å². The van der Waals surface area contributed by atoms with E-state index in [0.717, 1.165) is 27.1 Å². The third kappa shape index (κ3) is 3.31. The molecule has 0 aliphatic carbocycles. The SMILES string of the molecule is Cc1nc2ccccc2n1C[C@@H](O)COc1cccc(Br)c1. The summed E-state index contributed by atoms with van der Waals surface area (Å²) in [6.07, 6.45) is -0.602. The van der Waals surface area contributed by atoms with Crippen LogP contribution in [0.3, 0.4) is 0 Å². The van der Waals surface area contributed by atoms with E-state index in [9.17, 15) is 5.11 Å². The number of halogens is 1. The molecule has 5 heteroatoms. The van der Waals surface area contributed by atoms with Crippen LogP contribution in [0, 0.1) is 6.92 Å². The first kappa shape index (κ1) is 15.1. The summed E-state index contributed by atoms with van der Waals surface area (Å²) in [7, 11) is 0. The van der Waals surface area contributed by atoms with Gasteiger partial charge in [0, 0.05) is 4.47 Å². The predicted octanol–water partition coefficient (Wildman–Crippen LogP) is 3.55. The summed E-state index contributed by atoms with van der Waals surface area (Å²) in [5.74, 6) is 1.63. The number of ether oxygens (including phenoxy) is 1. The van der Waals surface area contributed by atoms with Crippen molar-refractivity contribution in [2.24, 2.45) is 0 Å². The summed E-state index contributed by atoms with van der Waals surface area (Å²) in [6.45, 7) is 2.64. The van der Waals surface area contributed by atoms with E-state index < -0.39 is 6.10 Å². The minimum absolute atomic E-state index is 0.238. The molecule has 1 heterocycles. The lowest BCUT2D eigenvalue weighted by Crippen LogP contribution is -2.24. The highest BCUT2D eigenvalue weighted by Gasteiger charge is 2.12. The number of hydrogen-bond acceptors (Lipinski definition) is 3. The lowest BCUT2D eigenvalue weighted by molar-refractivity contribution is 0.0929. The molecule has 0 bridgehead atoms.